The van der Waals surface area contributed by atoms with Crippen LogP contribution >= 0.6 is 12.2 Å². The fourth-order valence-electron chi connectivity index (χ4n) is 5.57. The third-order valence-electron chi connectivity index (χ3n) is 7.73. The largest absolute Gasteiger partial charge is 0.391 e. The summed E-state index contributed by atoms with van der Waals surface area (Å²) in [4.78, 5) is 28.1. The highest BCUT2D eigenvalue weighted by Crippen LogP contribution is 2.18. The molecule has 4 atom stereocenters. The Kier molecular flexibility index (Phi) is 12.1. The molecule has 3 aromatic carbocycles. The van der Waals surface area contributed by atoms with Crippen LogP contribution in [0.4, 0.5) is 14.9 Å². The Balaban J connectivity index is 1.53. The van der Waals surface area contributed by atoms with Crippen LogP contribution in [0.3, 0.4) is 0 Å². The van der Waals surface area contributed by atoms with Crippen molar-refractivity contribution in [3.63, 3.8) is 0 Å². The number of amides is 3. The first-order valence-electron chi connectivity index (χ1n) is 15.1. The monoisotopic (exact) mass is 619 g/mol. The molecule has 8 nitrogen and oxygen atoms in total. The molecule has 0 bridgehead atoms. The SMILES string of the molecule is CC(C)[C@@H](C(=O)N[C@@H](Cc1ccccc1)C[C@H](O)C(Cc1ccccc1)NC(=S)Nc1ccc(F)cc1)N1CCCNC1=O. The van der Waals surface area contributed by atoms with Crippen LogP contribution in [0, 0.1) is 11.7 Å². The van der Waals surface area contributed by atoms with Gasteiger partial charge in [0.1, 0.15) is 11.9 Å². The van der Waals surface area contributed by atoms with Crippen molar-refractivity contribution < 1.29 is 19.1 Å². The quantitative estimate of drug-likeness (QED) is 0.179. The van der Waals surface area contributed by atoms with Gasteiger partial charge in [0.25, 0.3) is 0 Å². The van der Waals surface area contributed by atoms with E-state index in [1.54, 1.807) is 17.0 Å². The average Bonchev–Trinajstić information content (AvgIpc) is 3.00. The highest BCUT2D eigenvalue weighted by molar-refractivity contribution is 7.80. The summed E-state index contributed by atoms with van der Waals surface area (Å²) in [5.41, 5.74) is 2.64. The Labute approximate surface area is 264 Å². The molecule has 3 aromatic rings. The lowest BCUT2D eigenvalue weighted by molar-refractivity contribution is -0.128. The number of thiocarbonyl (C=S) groups is 1. The number of nitrogens with zero attached hydrogens (tertiary/aromatic N) is 1. The Morgan fingerprint density at radius 1 is 0.955 bits per heavy atom. The van der Waals surface area contributed by atoms with Gasteiger partial charge in [0, 0.05) is 24.8 Å². The van der Waals surface area contributed by atoms with Gasteiger partial charge in [-0.1, -0.05) is 74.5 Å². The minimum atomic E-state index is -0.909. The summed E-state index contributed by atoms with van der Waals surface area (Å²) in [5, 5.41) is 24.3. The molecule has 0 spiro atoms. The molecule has 44 heavy (non-hydrogen) atoms. The van der Waals surface area contributed by atoms with E-state index < -0.39 is 24.2 Å². The lowest BCUT2D eigenvalue weighted by Crippen LogP contribution is -2.59. The topological polar surface area (TPSA) is 106 Å². The Bertz CT molecular complexity index is 1360. The number of urea groups is 1. The molecule has 0 aliphatic carbocycles. The molecule has 1 unspecified atom stereocenters. The molecule has 4 rings (SSSR count). The highest BCUT2D eigenvalue weighted by atomic mass is 32.1. The number of nitrogens with one attached hydrogen (secondary N) is 4. The second kappa shape index (κ2) is 16.2. The molecular formula is C34H42FN5O3S. The van der Waals surface area contributed by atoms with E-state index in [9.17, 15) is 19.1 Å². The summed E-state index contributed by atoms with van der Waals surface area (Å²) >= 11 is 5.58. The number of aliphatic hydroxyl groups is 1. The molecule has 234 valence electrons. The standard InChI is InChI=1S/C34H42FN5O3S/c1-23(2)31(40-19-9-18-36-34(40)43)32(42)37-28(20-24-10-5-3-6-11-24)22-30(41)29(21-25-12-7-4-8-13-25)39-33(44)38-27-16-14-26(35)15-17-27/h3-8,10-17,23,28-31,41H,9,18-22H2,1-2H3,(H,36,43)(H,37,42)(H2,38,39,44)/t28-,29?,30-,31-/m0/s1. The van der Waals surface area contributed by atoms with Gasteiger partial charge in [0.15, 0.2) is 5.11 Å². The van der Waals surface area contributed by atoms with E-state index >= 15 is 0 Å². The van der Waals surface area contributed by atoms with Gasteiger partial charge in [-0.2, -0.15) is 0 Å². The van der Waals surface area contributed by atoms with Gasteiger partial charge >= 0.3 is 6.03 Å². The molecule has 0 radical (unpaired) electrons. The van der Waals surface area contributed by atoms with Crippen molar-refractivity contribution in [1.29, 1.82) is 0 Å². The zero-order chi connectivity index (χ0) is 31.5. The first-order chi connectivity index (χ1) is 21.2. The van der Waals surface area contributed by atoms with Crippen LogP contribution in [0.1, 0.15) is 37.8 Å². The smallest absolute Gasteiger partial charge is 0.318 e. The van der Waals surface area contributed by atoms with Gasteiger partial charge in [-0.15, -0.1) is 0 Å². The van der Waals surface area contributed by atoms with Crippen LogP contribution in [-0.4, -0.2) is 64.4 Å². The maximum atomic E-state index is 13.8. The number of rotatable bonds is 13. The van der Waals surface area contributed by atoms with Crippen molar-refractivity contribution >= 4 is 35.0 Å². The van der Waals surface area contributed by atoms with Crippen LogP contribution < -0.4 is 21.3 Å². The van der Waals surface area contributed by atoms with Gasteiger partial charge in [0.2, 0.25) is 5.91 Å². The Morgan fingerprint density at radius 3 is 2.16 bits per heavy atom. The van der Waals surface area contributed by atoms with Gasteiger partial charge in [-0.3, -0.25) is 4.79 Å². The van der Waals surface area contributed by atoms with Gasteiger partial charge in [0.05, 0.1) is 12.1 Å². The average molecular weight is 620 g/mol. The molecule has 1 aliphatic heterocycles. The fourth-order valence-corrected chi connectivity index (χ4v) is 5.84. The van der Waals surface area contributed by atoms with Crippen molar-refractivity contribution in [2.75, 3.05) is 18.4 Å². The van der Waals surface area contributed by atoms with Crippen molar-refractivity contribution in [1.82, 2.24) is 20.9 Å². The second-order valence-corrected chi connectivity index (χ2v) is 12.0. The number of hydrogen-bond donors (Lipinski definition) is 5. The zero-order valence-electron chi connectivity index (χ0n) is 25.2. The maximum Gasteiger partial charge on any atom is 0.318 e. The lowest BCUT2D eigenvalue weighted by Gasteiger charge is -2.37. The number of aliphatic hydroxyl groups excluding tert-OH is 1. The molecule has 0 saturated carbocycles. The lowest BCUT2D eigenvalue weighted by atomic mass is 9.93. The van der Waals surface area contributed by atoms with E-state index in [4.69, 9.17) is 12.2 Å². The number of halogens is 1. The van der Waals surface area contributed by atoms with Crippen LogP contribution in [0.15, 0.2) is 84.9 Å². The Hall–Kier alpha value is -4.02. The molecule has 1 saturated heterocycles. The van der Waals surface area contributed by atoms with Gasteiger partial charge in [-0.25, -0.2) is 9.18 Å². The second-order valence-electron chi connectivity index (χ2n) is 11.6. The highest BCUT2D eigenvalue weighted by Gasteiger charge is 2.35. The van der Waals surface area contributed by atoms with Crippen LogP contribution in [-0.2, 0) is 17.6 Å². The summed E-state index contributed by atoms with van der Waals surface area (Å²) in [5.74, 6) is -0.700. The van der Waals surface area contributed by atoms with E-state index in [0.717, 1.165) is 17.5 Å². The van der Waals surface area contributed by atoms with E-state index in [1.807, 2.05) is 74.5 Å². The van der Waals surface area contributed by atoms with E-state index in [2.05, 4.69) is 21.3 Å². The predicted molar refractivity (Wildman–Crippen MR) is 176 cm³/mol. The van der Waals surface area contributed by atoms with Crippen molar-refractivity contribution in [3.05, 3.63) is 102 Å². The van der Waals surface area contributed by atoms with Gasteiger partial charge in [-0.05, 0) is 79.2 Å². The fraction of sp³-hybridized carbons (Fsp3) is 0.382. The first-order valence-corrected chi connectivity index (χ1v) is 15.5. The summed E-state index contributed by atoms with van der Waals surface area (Å²) in [6.45, 7) is 4.97. The molecule has 1 heterocycles. The maximum absolute atomic E-state index is 13.8. The zero-order valence-corrected chi connectivity index (χ0v) is 26.0. The summed E-state index contributed by atoms with van der Waals surface area (Å²) in [7, 11) is 0. The van der Waals surface area contributed by atoms with E-state index in [-0.39, 0.29) is 35.2 Å². The molecular weight excluding hydrogens is 577 g/mol. The Morgan fingerprint density at radius 2 is 1.57 bits per heavy atom. The minimum Gasteiger partial charge on any atom is -0.391 e. The molecule has 5 N–H and O–H groups in total. The van der Waals surface area contributed by atoms with Gasteiger partial charge < -0.3 is 31.3 Å². The minimum absolute atomic E-state index is 0.108. The summed E-state index contributed by atoms with van der Waals surface area (Å²) in [6.07, 6.45) is 1.07. The molecule has 10 heteroatoms. The number of carbonyl (C=O) groups is 2. The van der Waals surface area contributed by atoms with E-state index in [0.29, 0.717) is 31.6 Å². The predicted octanol–water partition coefficient (Wildman–Crippen LogP) is 4.64. The summed E-state index contributed by atoms with van der Waals surface area (Å²) < 4.78 is 13.4. The number of carbonyl (C=O) groups excluding carboxylic acids is 2. The van der Waals surface area contributed by atoms with Crippen molar-refractivity contribution in [3.8, 4) is 0 Å². The van der Waals surface area contributed by atoms with Crippen LogP contribution in [0.2, 0.25) is 0 Å². The number of benzene rings is 3. The first kappa shape index (κ1) is 32.9. The molecule has 0 aromatic heterocycles. The van der Waals surface area contributed by atoms with E-state index in [1.165, 1.54) is 12.1 Å². The normalized spacial score (nSPS) is 15.9. The van der Waals surface area contributed by atoms with Crippen LogP contribution in [0.5, 0.6) is 0 Å². The molecule has 1 aliphatic rings. The number of hydrogen-bond acceptors (Lipinski definition) is 4. The third-order valence-corrected chi connectivity index (χ3v) is 7.95. The summed E-state index contributed by atoms with van der Waals surface area (Å²) in [6, 6.07) is 23.6. The van der Waals surface area contributed by atoms with Crippen molar-refractivity contribution in [2.24, 2.45) is 5.92 Å². The number of anilines is 1. The van der Waals surface area contributed by atoms with Crippen LogP contribution in [0.25, 0.3) is 0 Å². The third kappa shape index (κ3) is 9.75. The molecule has 1 fully saturated rings. The molecule has 3 amide bonds. The van der Waals surface area contributed by atoms with Crippen molar-refractivity contribution in [2.45, 2.75) is 63.8 Å².